The summed E-state index contributed by atoms with van der Waals surface area (Å²) in [7, 11) is 0. The van der Waals surface area contributed by atoms with Gasteiger partial charge in [0.2, 0.25) is 0 Å². The van der Waals surface area contributed by atoms with Gasteiger partial charge in [0.15, 0.2) is 5.78 Å². The van der Waals surface area contributed by atoms with Gasteiger partial charge < -0.3 is 5.11 Å². The normalized spacial score (nSPS) is 15.6. The number of aromatic hydroxyl groups is 1. The molecule has 0 atom stereocenters. The molecule has 0 fully saturated rings. The van der Waals surface area contributed by atoms with Crippen molar-refractivity contribution in [1.82, 2.24) is 0 Å². The molecule has 1 aliphatic rings. The molecule has 1 N–H and O–H groups in total. The van der Waals surface area contributed by atoms with E-state index in [4.69, 9.17) is 0 Å². The lowest BCUT2D eigenvalue weighted by atomic mass is 9.90. The Morgan fingerprint density at radius 1 is 1.31 bits per heavy atom. The fraction of sp³-hybridized carbons (Fsp3) is 0.300. The predicted molar refractivity (Wildman–Crippen MR) is 45.3 cm³/mol. The SMILES string of the molecule is O=C1CCCc2c(O)cc(F)cc21. The maximum absolute atomic E-state index is 12.8. The zero-order chi connectivity index (χ0) is 9.42. The van der Waals surface area contributed by atoms with Crippen molar-refractivity contribution < 1.29 is 14.3 Å². The fourth-order valence-corrected chi connectivity index (χ4v) is 1.69. The van der Waals surface area contributed by atoms with Gasteiger partial charge >= 0.3 is 0 Å². The van der Waals surface area contributed by atoms with Crippen LogP contribution in [0.1, 0.15) is 28.8 Å². The van der Waals surface area contributed by atoms with Crippen LogP contribution in [-0.2, 0) is 6.42 Å². The summed E-state index contributed by atoms with van der Waals surface area (Å²) in [6.45, 7) is 0. The van der Waals surface area contributed by atoms with E-state index in [-0.39, 0.29) is 11.5 Å². The van der Waals surface area contributed by atoms with Gasteiger partial charge in [-0.25, -0.2) is 4.39 Å². The standard InChI is InChI=1S/C10H9FO2/c11-6-4-8-7(10(13)5-6)2-1-3-9(8)12/h4-5,13H,1-3H2. The Morgan fingerprint density at radius 2 is 2.08 bits per heavy atom. The first kappa shape index (κ1) is 8.23. The Bertz CT molecular complexity index is 371. The fourth-order valence-electron chi connectivity index (χ4n) is 1.69. The number of phenolic OH excluding ortho intramolecular Hbond substituents is 1. The van der Waals surface area contributed by atoms with Gasteiger partial charge in [-0.3, -0.25) is 4.79 Å². The molecule has 1 aliphatic carbocycles. The number of carbonyl (C=O) groups is 1. The van der Waals surface area contributed by atoms with E-state index in [1.54, 1.807) is 0 Å². The maximum atomic E-state index is 12.8. The van der Waals surface area contributed by atoms with Crippen LogP contribution in [0, 0.1) is 5.82 Å². The van der Waals surface area contributed by atoms with Gasteiger partial charge in [0.05, 0.1) is 0 Å². The number of Topliss-reactive ketones (excluding diaryl/α,β-unsaturated/α-hetero) is 1. The predicted octanol–water partition coefficient (Wildman–Crippen LogP) is 2.05. The average Bonchev–Trinajstić information content (AvgIpc) is 2.07. The number of fused-ring (bicyclic) bond motifs is 1. The van der Waals surface area contributed by atoms with Crippen molar-refractivity contribution in [3.63, 3.8) is 0 Å². The second-order valence-electron chi connectivity index (χ2n) is 3.23. The quantitative estimate of drug-likeness (QED) is 0.663. The highest BCUT2D eigenvalue weighted by molar-refractivity contribution is 5.99. The van der Waals surface area contributed by atoms with E-state index in [2.05, 4.69) is 0 Å². The second-order valence-corrected chi connectivity index (χ2v) is 3.23. The number of rotatable bonds is 0. The zero-order valence-corrected chi connectivity index (χ0v) is 7.01. The molecule has 68 valence electrons. The number of hydrogen-bond donors (Lipinski definition) is 1. The van der Waals surface area contributed by atoms with Crippen molar-refractivity contribution in [3.05, 3.63) is 29.1 Å². The van der Waals surface area contributed by atoms with E-state index in [0.717, 1.165) is 12.5 Å². The van der Waals surface area contributed by atoms with E-state index >= 15 is 0 Å². The molecule has 0 heterocycles. The first-order chi connectivity index (χ1) is 6.18. The van der Waals surface area contributed by atoms with Gasteiger partial charge in [-0.05, 0) is 18.9 Å². The van der Waals surface area contributed by atoms with Crippen molar-refractivity contribution in [2.45, 2.75) is 19.3 Å². The number of phenols is 1. The van der Waals surface area contributed by atoms with E-state index in [9.17, 15) is 14.3 Å². The summed E-state index contributed by atoms with van der Waals surface area (Å²) >= 11 is 0. The molecule has 0 aliphatic heterocycles. The van der Waals surface area contributed by atoms with Crippen LogP contribution in [0.2, 0.25) is 0 Å². The molecule has 2 rings (SSSR count). The Labute approximate surface area is 75.0 Å². The smallest absolute Gasteiger partial charge is 0.163 e. The topological polar surface area (TPSA) is 37.3 Å². The molecule has 3 heteroatoms. The van der Waals surface area contributed by atoms with Crippen LogP contribution >= 0.6 is 0 Å². The molecule has 2 nitrogen and oxygen atoms in total. The summed E-state index contributed by atoms with van der Waals surface area (Å²) in [5, 5.41) is 9.36. The highest BCUT2D eigenvalue weighted by Crippen LogP contribution is 2.29. The molecule has 0 spiro atoms. The van der Waals surface area contributed by atoms with Gasteiger partial charge in [0, 0.05) is 23.6 Å². The van der Waals surface area contributed by atoms with Crippen LogP contribution in [0.5, 0.6) is 5.75 Å². The molecular weight excluding hydrogens is 171 g/mol. The van der Waals surface area contributed by atoms with Gasteiger partial charge in [0.25, 0.3) is 0 Å². The molecule has 0 unspecified atom stereocenters. The first-order valence-corrected chi connectivity index (χ1v) is 4.23. The minimum atomic E-state index is -0.550. The lowest BCUT2D eigenvalue weighted by molar-refractivity contribution is 0.0971. The van der Waals surface area contributed by atoms with Crippen molar-refractivity contribution >= 4 is 5.78 Å². The van der Waals surface area contributed by atoms with Crippen molar-refractivity contribution in [3.8, 4) is 5.75 Å². The monoisotopic (exact) mass is 180 g/mol. The third-order valence-corrected chi connectivity index (χ3v) is 2.32. The molecule has 1 aromatic carbocycles. The molecule has 0 saturated carbocycles. The Hall–Kier alpha value is -1.38. The minimum absolute atomic E-state index is 0.0731. The molecule has 1 aromatic rings. The van der Waals surface area contributed by atoms with Crippen molar-refractivity contribution in [2.75, 3.05) is 0 Å². The largest absolute Gasteiger partial charge is 0.508 e. The molecule has 0 bridgehead atoms. The van der Waals surface area contributed by atoms with Crippen LogP contribution in [0.4, 0.5) is 4.39 Å². The number of hydrogen-bond acceptors (Lipinski definition) is 2. The summed E-state index contributed by atoms with van der Waals surface area (Å²) in [6, 6.07) is 2.26. The maximum Gasteiger partial charge on any atom is 0.163 e. The van der Waals surface area contributed by atoms with E-state index in [1.807, 2.05) is 0 Å². The van der Waals surface area contributed by atoms with E-state index in [0.29, 0.717) is 24.0 Å². The Kier molecular flexibility index (Phi) is 1.79. The first-order valence-electron chi connectivity index (χ1n) is 4.23. The van der Waals surface area contributed by atoms with E-state index < -0.39 is 5.82 Å². The summed E-state index contributed by atoms with van der Waals surface area (Å²) < 4.78 is 12.8. The third-order valence-electron chi connectivity index (χ3n) is 2.32. The summed E-state index contributed by atoms with van der Waals surface area (Å²) in [5.41, 5.74) is 0.946. The number of halogens is 1. The molecule has 0 amide bonds. The number of carbonyl (C=O) groups excluding carboxylic acids is 1. The minimum Gasteiger partial charge on any atom is -0.508 e. The lowest BCUT2D eigenvalue weighted by Gasteiger charge is -2.15. The molecular formula is C10H9FO2. The van der Waals surface area contributed by atoms with Gasteiger partial charge in [-0.1, -0.05) is 0 Å². The molecule has 13 heavy (non-hydrogen) atoms. The van der Waals surface area contributed by atoms with Crippen LogP contribution in [-0.4, -0.2) is 10.9 Å². The average molecular weight is 180 g/mol. The highest BCUT2D eigenvalue weighted by Gasteiger charge is 2.20. The van der Waals surface area contributed by atoms with Crippen LogP contribution in [0.15, 0.2) is 12.1 Å². The highest BCUT2D eigenvalue weighted by atomic mass is 19.1. The van der Waals surface area contributed by atoms with Gasteiger partial charge in [0.1, 0.15) is 11.6 Å². The molecule has 0 radical (unpaired) electrons. The van der Waals surface area contributed by atoms with Gasteiger partial charge in [-0.2, -0.15) is 0 Å². The Balaban J connectivity index is 2.63. The third kappa shape index (κ3) is 1.30. The van der Waals surface area contributed by atoms with E-state index in [1.165, 1.54) is 6.07 Å². The summed E-state index contributed by atoms with van der Waals surface area (Å²) in [5.74, 6) is -0.717. The molecule has 0 aromatic heterocycles. The van der Waals surface area contributed by atoms with Crippen LogP contribution < -0.4 is 0 Å². The number of ketones is 1. The molecule has 0 saturated heterocycles. The van der Waals surface area contributed by atoms with Crippen molar-refractivity contribution in [2.24, 2.45) is 0 Å². The number of benzene rings is 1. The summed E-state index contributed by atoms with van der Waals surface area (Å²) in [6.07, 6.45) is 1.86. The van der Waals surface area contributed by atoms with Crippen LogP contribution in [0.25, 0.3) is 0 Å². The van der Waals surface area contributed by atoms with Gasteiger partial charge in [-0.15, -0.1) is 0 Å². The Morgan fingerprint density at radius 3 is 2.85 bits per heavy atom. The summed E-state index contributed by atoms with van der Waals surface area (Å²) in [4.78, 5) is 11.3. The zero-order valence-electron chi connectivity index (χ0n) is 7.01. The second kappa shape index (κ2) is 2.83. The van der Waals surface area contributed by atoms with Crippen LogP contribution in [0.3, 0.4) is 0 Å². The lowest BCUT2D eigenvalue weighted by Crippen LogP contribution is -2.11. The van der Waals surface area contributed by atoms with Crippen molar-refractivity contribution in [1.29, 1.82) is 0 Å².